The van der Waals surface area contributed by atoms with E-state index in [9.17, 15) is 9.59 Å². The first-order valence-corrected chi connectivity index (χ1v) is 7.83. The molecule has 1 aromatic carbocycles. The first-order chi connectivity index (χ1) is 9.42. The zero-order chi connectivity index (χ0) is 14.8. The highest BCUT2D eigenvalue weighted by molar-refractivity contribution is 7.98. The summed E-state index contributed by atoms with van der Waals surface area (Å²) in [5.74, 6) is 1.52. The van der Waals surface area contributed by atoms with E-state index in [0.29, 0.717) is 6.54 Å². The highest BCUT2D eigenvalue weighted by atomic mass is 32.2. The number of urea groups is 1. The number of benzene rings is 1. The number of amides is 3. The molecule has 2 rings (SSSR count). The molecular formula is C15H20N2O2S. The van der Waals surface area contributed by atoms with Crippen molar-refractivity contribution >= 4 is 23.7 Å². The molecular weight excluding hydrogens is 272 g/mol. The fourth-order valence-corrected chi connectivity index (χ4v) is 3.13. The summed E-state index contributed by atoms with van der Waals surface area (Å²) in [4.78, 5) is 25.0. The van der Waals surface area contributed by atoms with Gasteiger partial charge in [0.2, 0.25) is 0 Å². The Morgan fingerprint density at radius 3 is 2.55 bits per heavy atom. The number of hydrogen-bond acceptors (Lipinski definition) is 3. The molecule has 1 N–H and O–H groups in total. The standard InChI is InChI=1S/C15H20N2O2S/c1-11-6-4-5-7-12(11)10-20-9-8-17-13(18)15(2,3)16-14(17)19/h4-7H,8-10H2,1-3H3,(H,16,19). The Kier molecular flexibility index (Phi) is 4.38. The van der Waals surface area contributed by atoms with Crippen molar-refractivity contribution in [1.29, 1.82) is 0 Å². The maximum Gasteiger partial charge on any atom is 0.325 e. The third-order valence-electron chi connectivity index (χ3n) is 3.42. The molecule has 0 bridgehead atoms. The Morgan fingerprint density at radius 2 is 1.95 bits per heavy atom. The van der Waals surface area contributed by atoms with E-state index in [1.165, 1.54) is 16.0 Å². The lowest BCUT2D eigenvalue weighted by Crippen LogP contribution is -2.40. The van der Waals surface area contributed by atoms with Crippen molar-refractivity contribution in [1.82, 2.24) is 10.2 Å². The second-order valence-corrected chi connectivity index (χ2v) is 6.60. The van der Waals surface area contributed by atoms with Crippen LogP contribution >= 0.6 is 11.8 Å². The Balaban J connectivity index is 1.81. The van der Waals surface area contributed by atoms with E-state index >= 15 is 0 Å². The minimum atomic E-state index is -0.766. The van der Waals surface area contributed by atoms with Gasteiger partial charge in [-0.05, 0) is 31.9 Å². The van der Waals surface area contributed by atoms with Crippen molar-refractivity contribution in [3.8, 4) is 0 Å². The molecule has 0 unspecified atom stereocenters. The maximum atomic E-state index is 12.0. The second kappa shape index (κ2) is 5.87. The number of thioether (sulfide) groups is 1. The van der Waals surface area contributed by atoms with Crippen LogP contribution in [0.5, 0.6) is 0 Å². The van der Waals surface area contributed by atoms with Gasteiger partial charge in [0.15, 0.2) is 0 Å². The van der Waals surface area contributed by atoms with Gasteiger partial charge in [-0.3, -0.25) is 9.69 Å². The van der Waals surface area contributed by atoms with Gasteiger partial charge in [-0.15, -0.1) is 0 Å². The number of carbonyl (C=O) groups is 2. The predicted octanol–water partition coefficient (Wildman–Crippen LogP) is 2.56. The van der Waals surface area contributed by atoms with Crippen LogP contribution in [0.2, 0.25) is 0 Å². The Labute approximate surface area is 123 Å². The highest BCUT2D eigenvalue weighted by Crippen LogP contribution is 2.19. The summed E-state index contributed by atoms with van der Waals surface area (Å²) in [6.07, 6.45) is 0. The van der Waals surface area contributed by atoms with Crippen LogP contribution in [0, 0.1) is 6.92 Å². The SMILES string of the molecule is Cc1ccccc1CSCCN1C(=O)NC(C)(C)C1=O. The normalized spacial score (nSPS) is 17.4. The summed E-state index contributed by atoms with van der Waals surface area (Å²) in [6, 6.07) is 7.98. The molecule has 20 heavy (non-hydrogen) atoms. The van der Waals surface area contributed by atoms with Crippen LogP contribution in [0.3, 0.4) is 0 Å². The molecule has 1 heterocycles. The minimum Gasteiger partial charge on any atom is -0.324 e. The average Bonchev–Trinajstić information content (AvgIpc) is 2.57. The molecule has 1 fully saturated rings. The first-order valence-electron chi connectivity index (χ1n) is 6.68. The summed E-state index contributed by atoms with van der Waals surface area (Å²) in [7, 11) is 0. The third kappa shape index (κ3) is 3.15. The Hall–Kier alpha value is -1.49. The van der Waals surface area contributed by atoms with Gasteiger partial charge in [0.1, 0.15) is 5.54 Å². The smallest absolute Gasteiger partial charge is 0.324 e. The molecule has 5 heteroatoms. The lowest BCUT2D eigenvalue weighted by atomic mass is 10.1. The van der Waals surface area contributed by atoms with Crippen LogP contribution in [-0.4, -0.2) is 34.7 Å². The fraction of sp³-hybridized carbons (Fsp3) is 0.467. The molecule has 0 spiro atoms. The lowest BCUT2D eigenvalue weighted by molar-refractivity contribution is -0.130. The third-order valence-corrected chi connectivity index (χ3v) is 4.41. The van der Waals surface area contributed by atoms with Crippen LogP contribution in [0.15, 0.2) is 24.3 Å². The molecule has 1 aliphatic rings. The van der Waals surface area contributed by atoms with Crippen LogP contribution in [0.4, 0.5) is 4.79 Å². The van der Waals surface area contributed by atoms with Crippen molar-refractivity contribution in [2.75, 3.05) is 12.3 Å². The van der Waals surface area contributed by atoms with Gasteiger partial charge >= 0.3 is 6.03 Å². The van der Waals surface area contributed by atoms with Gasteiger partial charge in [-0.1, -0.05) is 24.3 Å². The molecule has 0 radical (unpaired) electrons. The Morgan fingerprint density at radius 1 is 1.25 bits per heavy atom. The van der Waals surface area contributed by atoms with Crippen molar-refractivity contribution in [2.24, 2.45) is 0 Å². The van der Waals surface area contributed by atoms with Crippen LogP contribution < -0.4 is 5.32 Å². The van der Waals surface area contributed by atoms with Crippen molar-refractivity contribution in [2.45, 2.75) is 32.1 Å². The molecule has 0 atom stereocenters. The molecule has 4 nitrogen and oxygen atoms in total. The summed E-state index contributed by atoms with van der Waals surface area (Å²) >= 11 is 1.74. The predicted molar refractivity (Wildman–Crippen MR) is 81.7 cm³/mol. The molecule has 1 aromatic rings. The van der Waals surface area contributed by atoms with Gasteiger partial charge in [0, 0.05) is 18.1 Å². The molecule has 0 saturated carbocycles. The van der Waals surface area contributed by atoms with Gasteiger partial charge in [-0.25, -0.2) is 4.79 Å². The number of rotatable bonds is 5. The quantitative estimate of drug-likeness (QED) is 0.670. The van der Waals surface area contributed by atoms with Gasteiger partial charge in [-0.2, -0.15) is 11.8 Å². The molecule has 3 amide bonds. The molecule has 1 aliphatic heterocycles. The van der Waals surface area contributed by atoms with E-state index in [-0.39, 0.29) is 11.9 Å². The van der Waals surface area contributed by atoms with E-state index in [2.05, 4.69) is 24.4 Å². The molecule has 108 valence electrons. The van der Waals surface area contributed by atoms with Crippen molar-refractivity contribution in [3.05, 3.63) is 35.4 Å². The summed E-state index contributed by atoms with van der Waals surface area (Å²) < 4.78 is 0. The summed E-state index contributed by atoms with van der Waals surface area (Å²) in [6.45, 7) is 6.02. The molecule has 1 saturated heterocycles. The Bertz CT molecular complexity index is 528. The first kappa shape index (κ1) is 14.9. The minimum absolute atomic E-state index is 0.140. The lowest BCUT2D eigenvalue weighted by Gasteiger charge is -2.15. The van der Waals surface area contributed by atoms with E-state index in [4.69, 9.17) is 0 Å². The van der Waals surface area contributed by atoms with Crippen LogP contribution in [0.1, 0.15) is 25.0 Å². The largest absolute Gasteiger partial charge is 0.325 e. The van der Waals surface area contributed by atoms with Crippen LogP contribution in [-0.2, 0) is 10.5 Å². The molecule has 0 aromatic heterocycles. The highest BCUT2D eigenvalue weighted by Gasteiger charge is 2.43. The number of carbonyl (C=O) groups excluding carboxylic acids is 2. The van der Waals surface area contributed by atoms with E-state index in [0.717, 1.165) is 11.5 Å². The maximum absolute atomic E-state index is 12.0. The number of hydrogen-bond donors (Lipinski definition) is 1. The monoisotopic (exact) mass is 292 g/mol. The van der Waals surface area contributed by atoms with Crippen molar-refractivity contribution in [3.63, 3.8) is 0 Å². The zero-order valence-corrected chi connectivity index (χ0v) is 12.9. The van der Waals surface area contributed by atoms with Crippen LogP contribution in [0.25, 0.3) is 0 Å². The number of nitrogens with zero attached hydrogens (tertiary/aromatic N) is 1. The summed E-state index contributed by atoms with van der Waals surface area (Å²) in [5.41, 5.74) is 1.81. The number of imide groups is 1. The van der Waals surface area contributed by atoms with Crippen molar-refractivity contribution < 1.29 is 9.59 Å². The van der Waals surface area contributed by atoms with Gasteiger partial charge in [0.25, 0.3) is 5.91 Å². The molecule has 0 aliphatic carbocycles. The zero-order valence-electron chi connectivity index (χ0n) is 12.1. The number of aryl methyl sites for hydroxylation is 1. The van der Waals surface area contributed by atoms with Gasteiger partial charge in [0.05, 0.1) is 0 Å². The van der Waals surface area contributed by atoms with Gasteiger partial charge < -0.3 is 5.32 Å². The topological polar surface area (TPSA) is 49.4 Å². The fourth-order valence-electron chi connectivity index (χ4n) is 2.13. The number of nitrogens with one attached hydrogen (secondary N) is 1. The second-order valence-electron chi connectivity index (χ2n) is 5.49. The van der Waals surface area contributed by atoms with E-state index in [1.807, 2.05) is 12.1 Å². The summed E-state index contributed by atoms with van der Waals surface area (Å²) in [5, 5.41) is 2.69. The average molecular weight is 292 g/mol. The van der Waals surface area contributed by atoms with E-state index < -0.39 is 5.54 Å². The van der Waals surface area contributed by atoms with E-state index in [1.54, 1.807) is 25.6 Å².